The average Bonchev–Trinajstić information content (AvgIpc) is 2.97. The first kappa shape index (κ1) is 22.4. The van der Waals surface area contributed by atoms with Crippen molar-refractivity contribution in [1.82, 2.24) is 15.5 Å². The first-order valence-corrected chi connectivity index (χ1v) is 10.7. The lowest BCUT2D eigenvalue weighted by Crippen LogP contribution is -2.51. The van der Waals surface area contributed by atoms with Gasteiger partial charge in [-0.2, -0.15) is 0 Å². The van der Waals surface area contributed by atoms with Gasteiger partial charge in [0.2, 0.25) is 11.8 Å². The third-order valence-corrected chi connectivity index (χ3v) is 6.11. The molecular formula is C20H24Cl2N4O4. The zero-order valence-electron chi connectivity index (χ0n) is 16.6. The van der Waals surface area contributed by atoms with Gasteiger partial charge in [-0.15, -0.1) is 0 Å². The third kappa shape index (κ3) is 4.87. The Bertz CT molecular complexity index is 868. The molecule has 0 unspecified atom stereocenters. The van der Waals surface area contributed by atoms with Crippen molar-refractivity contribution >= 4 is 52.6 Å². The summed E-state index contributed by atoms with van der Waals surface area (Å²) in [6.45, 7) is 2.27. The Hall–Kier alpha value is -2.32. The number of rotatable bonds is 6. The van der Waals surface area contributed by atoms with E-state index in [-0.39, 0.29) is 30.2 Å². The Kier molecular flexibility index (Phi) is 6.88. The van der Waals surface area contributed by atoms with E-state index in [0.29, 0.717) is 54.4 Å². The maximum Gasteiger partial charge on any atom is 0.322 e. The first-order chi connectivity index (χ1) is 14.2. The van der Waals surface area contributed by atoms with Crippen LogP contribution in [0.5, 0.6) is 0 Å². The lowest BCUT2D eigenvalue weighted by atomic mass is 9.76. The predicted octanol–water partition coefficient (Wildman–Crippen LogP) is 2.94. The van der Waals surface area contributed by atoms with Crippen molar-refractivity contribution in [3.05, 3.63) is 28.2 Å². The summed E-state index contributed by atoms with van der Waals surface area (Å²) >= 11 is 12.0. The summed E-state index contributed by atoms with van der Waals surface area (Å²) in [5.41, 5.74) is -0.523. The molecule has 0 atom stereocenters. The number of hydrogen-bond donors (Lipinski definition) is 3. The number of imide groups is 1. The number of anilines is 1. The highest BCUT2D eigenvalue weighted by atomic mass is 35.5. The molecule has 30 heavy (non-hydrogen) atoms. The molecule has 5 amide bonds. The van der Waals surface area contributed by atoms with Crippen LogP contribution in [0.2, 0.25) is 10.0 Å². The van der Waals surface area contributed by atoms with Crippen molar-refractivity contribution in [1.29, 1.82) is 0 Å². The summed E-state index contributed by atoms with van der Waals surface area (Å²) in [7, 11) is 0. The van der Waals surface area contributed by atoms with Gasteiger partial charge in [0.05, 0.1) is 17.3 Å². The van der Waals surface area contributed by atoms with Gasteiger partial charge in [-0.3, -0.25) is 19.7 Å². The molecule has 1 saturated carbocycles. The third-order valence-electron chi connectivity index (χ3n) is 5.55. The molecule has 3 N–H and O–H groups in total. The highest BCUT2D eigenvalue weighted by Crippen LogP contribution is 2.35. The second-order valence-corrected chi connectivity index (χ2v) is 8.54. The van der Waals surface area contributed by atoms with Gasteiger partial charge in [0, 0.05) is 17.5 Å². The van der Waals surface area contributed by atoms with E-state index in [1.807, 2.05) is 6.92 Å². The number of benzene rings is 1. The van der Waals surface area contributed by atoms with Crippen molar-refractivity contribution in [2.24, 2.45) is 5.92 Å². The Morgan fingerprint density at radius 2 is 1.93 bits per heavy atom. The molecule has 2 fully saturated rings. The first-order valence-electron chi connectivity index (χ1n) is 9.91. The summed E-state index contributed by atoms with van der Waals surface area (Å²) in [6.07, 6.45) is 2.42. The fourth-order valence-corrected chi connectivity index (χ4v) is 4.33. The topological polar surface area (TPSA) is 108 Å². The van der Waals surface area contributed by atoms with Gasteiger partial charge in [0.15, 0.2) is 0 Å². The second-order valence-electron chi connectivity index (χ2n) is 7.70. The molecule has 1 aliphatic heterocycles. The summed E-state index contributed by atoms with van der Waals surface area (Å²) in [6, 6.07) is 4.27. The number of amides is 5. The largest absolute Gasteiger partial charge is 0.333 e. The van der Waals surface area contributed by atoms with Crippen LogP contribution < -0.4 is 16.0 Å². The number of hydrogen-bond acceptors (Lipinski definition) is 4. The minimum Gasteiger partial charge on any atom is -0.333 e. The Labute approximate surface area is 184 Å². The monoisotopic (exact) mass is 454 g/mol. The number of halogens is 2. The Morgan fingerprint density at radius 3 is 2.53 bits per heavy atom. The molecule has 3 rings (SSSR count). The molecule has 1 aliphatic carbocycles. The molecule has 2 aliphatic rings. The van der Waals surface area contributed by atoms with Crippen LogP contribution in [0, 0.1) is 5.92 Å². The number of nitrogens with one attached hydrogen (secondary N) is 3. The minimum absolute atomic E-state index is 0.103. The smallest absolute Gasteiger partial charge is 0.322 e. The molecule has 8 nitrogen and oxygen atoms in total. The summed E-state index contributed by atoms with van der Waals surface area (Å²) in [5, 5.41) is 8.45. The fraction of sp³-hybridized carbons (Fsp3) is 0.500. The SMILES string of the molecule is CCCN(CC(=O)Nc1cc(Cl)ccc1Cl)C(=O)C1CCC2(CC1)NC(=O)NC2=O. The quantitative estimate of drug-likeness (QED) is 0.574. The number of urea groups is 1. The number of carbonyl (C=O) groups is 4. The molecule has 10 heteroatoms. The maximum absolute atomic E-state index is 13.1. The van der Waals surface area contributed by atoms with E-state index < -0.39 is 11.6 Å². The van der Waals surface area contributed by atoms with Crippen LogP contribution in [0.3, 0.4) is 0 Å². The molecule has 1 aromatic carbocycles. The van der Waals surface area contributed by atoms with E-state index in [4.69, 9.17) is 23.2 Å². The second kappa shape index (κ2) is 9.22. The zero-order valence-corrected chi connectivity index (χ0v) is 18.1. The lowest BCUT2D eigenvalue weighted by molar-refractivity contribution is -0.140. The molecule has 1 spiro atoms. The molecule has 1 saturated heterocycles. The van der Waals surface area contributed by atoms with Crippen molar-refractivity contribution in [3.63, 3.8) is 0 Å². The number of carbonyl (C=O) groups excluding carboxylic acids is 4. The van der Waals surface area contributed by atoms with Crippen LogP contribution in [0.15, 0.2) is 18.2 Å². The van der Waals surface area contributed by atoms with Gasteiger partial charge in [-0.25, -0.2) is 4.79 Å². The summed E-state index contributed by atoms with van der Waals surface area (Å²) < 4.78 is 0. The molecule has 0 aromatic heterocycles. The Balaban J connectivity index is 1.61. The molecular weight excluding hydrogens is 431 g/mol. The molecule has 162 valence electrons. The van der Waals surface area contributed by atoms with Crippen molar-refractivity contribution < 1.29 is 19.2 Å². The van der Waals surface area contributed by atoms with Gasteiger partial charge in [0.25, 0.3) is 5.91 Å². The predicted molar refractivity (Wildman–Crippen MR) is 113 cm³/mol. The van der Waals surface area contributed by atoms with Gasteiger partial charge < -0.3 is 15.5 Å². The highest BCUT2D eigenvalue weighted by Gasteiger charge is 2.49. The lowest BCUT2D eigenvalue weighted by Gasteiger charge is -2.36. The molecule has 1 aromatic rings. The van der Waals surface area contributed by atoms with Crippen LogP contribution in [0.4, 0.5) is 10.5 Å². The minimum atomic E-state index is -0.913. The van der Waals surface area contributed by atoms with Crippen LogP contribution in [-0.4, -0.2) is 47.3 Å². The van der Waals surface area contributed by atoms with Crippen LogP contribution >= 0.6 is 23.2 Å². The van der Waals surface area contributed by atoms with Crippen molar-refractivity contribution in [3.8, 4) is 0 Å². The normalized spacial score (nSPS) is 23.1. The van der Waals surface area contributed by atoms with Crippen LogP contribution in [0.25, 0.3) is 0 Å². The molecule has 0 radical (unpaired) electrons. The summed E-state index contributed by atoms with van der Waals surface area (Å²) in [4.78, 5) is 50.7. The van der Waals surface area contributed by atoms with Gasteiger partial charge >= 0.3 is 6.03 Å². The van der Waals surface area contributed by atoms with E-state index in [1.165, 1.54) is 4.90 Å². The van der Waals surface area contributed by atoms with Crippen LogP contribution in [0.1, 0.15) is 39.0 Å². The summed E-state index contributed by atoms with van der Waals surface area (Å²) in [5.74, 6) is -1.11. The molecule has 1 heterocycles. The fourth-order valence-electron chi connectivity index (χ4n) is 3.99. The van der Waals surface area contributed by atoms with Crippen LogP contribution in [-0.2, 0) is 14.4 Å². The Morgan fingerprint density at radius 1 is 1.23 bits per heavy atom. The standard InChI is InChI=1S/C20H24Cl2N4O4/c1-2-9-26(11-16(27)23-15-10-13(21)3-4-14(15)22)17(28)12-5-7-20(8-6-12)18(29)24-19(30)25-20/h3-4,10,12H,2,5-9,11H2,1H3,(H,23,27)(H2,24,25,29,30). The van der Waals surface area contributed by atoms with E-state index in [0.717, 1.165) is 0 Å². The van der Waals surface area contributed by atoms with E-state index in [2.05, 4.69) is 16.0 Å². The highest BCUT2D eigenvalue weighted by molar-refractivity contribution is 6.35. The van der Waals surface area contributed by atoms with E-state index in [1.54, 1.807) is 18.2 Å². The number of nitrogens with zero attached hydrogens (tertiary/aromatic N) is 1. The van der Waals surface area contributed by atoms with E-state index >= 15 is 0 Å². The van der Waals surface area contributed by atoms with Crippen molar-refractivity contribution in [2.75, 3.05) is 18.4 Å². The maximum atomic E-state index is 13.1. The van der Waals surface area contributed by atoms with Gasteiger partial charge in [0.1, 0.15) is 5.54 Å². The van der Waals surface area contributed by atoms with Gasteiger partial charge in [-0.05, 0) is 50.3 Å². The van der Waals surface area contributed by atoms with Gasteiger partial charge in [-0.1, -0.05) is 30.1 Å². The zero-order chi connectivity index (χ0) is 21.9. The molecule has 0 bridgehead atoms. The average molecular weight is 455 g/mol. The van der Waals surface area contributed by atoms with Crippen molar-refractivity contribution in [2.45, 2.75) is 44.6 Å². The van der Waals surface area contributed by atoms with E-state index in [9.17, 15) is 19.2 Å².